The minimum absolute atomic E-state index is 0.0116. The smallest absolute Gasteiger partial charge is 0.228 e. The Morgan fingerprint density at radius 2 is 2.23 bits per heavy atom. The quantitative estimate of drug-likeness (QED) is 0.653. The average Bonchev–Trinajstić information content (AvgIpc) is 2.82. The lowest BCUT2D eigenvalue weighted by Crippen LogP contribution is -2.00. The molecule has 0 aliphatic carbocycles. The molecule has 2 aromatic heterocycles. The summed E-state index contributed by atoms with van der Waals surface area (Å²) in [6.07, 6.45) is 9.74. The van der Waals surface area contributed by atoms with E-state index in [1.165, 1.54) is 17.8 Å². The maximum Gasteiger partial charge on any atom is 0.228 e. The number of nitrogens with zero attached hydrogens (tertiary/aromatic N) is 3. The van der Waals surface area contributed by atoms with Gasteiger partial charge in [-0.3, -0.25) is 9.36 Å². The van der Waals surface area contributed by atoms with E-state index in [0.29, 0.717) is 0 Å². The van der Waals surface area contributed by atoms with Crippen molar-refractivity contribution in [2.24, 2.45) is 0 Å². The van der Waals surface area contributed by atoms with Crippen molar-refractivity contribution in [2.75, 3.05) is 0 Å². The second kappa shape index (κ2) is 4.87. The molecule has 1 N–H and O–H groups in total. The zero-order valence-corrected chi connectivity index (χ0v) is 7.21. The van der Waals surface area contributed by atoms with Gasteiger partial charge in [-0.25, -0.2) is 9.97 Å². The molecular formula is C8H10N4O. The molecule has 0 atom stereocenters. The largest absolute Gasteiger partial charge is 0.351 e. The highest BCUT2D eigenvalue weighted by atomic mass is 16.1. The first kappa shape index (κ1) is 9.18. The van der Waals surface area contributed by atoms with Crippen LogP contribution in [0.1, 0.15) is 11.7 Å². The molecule has 0 amide bonds. The van der Waals surface area contributed by atoms with E-state index in [9.17, 15) is 4.79 Å². The number of H-pyrrole nitrogens is 1. The van der Waals surface area contributed by atoms with Gasteiger partial charge in [-0.1, -0.05) is 0 Å². The summed E-state index contributed by atoms with van der Waals surface area (Å²) < 4.78 is 1.42. The molecule has 0 unspecified atom stereocenters. The summed E-state index contributed by atoms with van der Waals surface area (Å²) in [4.78, 5) is 20.5. The van der Waals surface area contributed by atoms with Gasteiger partial charge in [-0.05, 0) is 0 Å². The van der Waals surface area contributed by atoms with E-state index in [-0.39, 0.29) is 5.91 Å². The summed E-state index contributed by atoms with van der Waals surface area (Å²) in [7, 11) is 0. The predicted octanol–water partition coefficient (Wildman–Crippen LogP) is 0.953. The summed E-state index contributed by atoms with van der Waals surface area (Å²) in [5, 5.41) is 0. The molecule has 5 heteroatoms. The molecule has 0 bridgehead atoms. The number of rotatable bonds is 0. The van der Waals surface area contributed by atoms with Gasteiger partial charge in [0.25, 0.3) is 0 Å². The van der Waals surface area contributed by atoms with E-state index in [0.717, 1.165) is 0 Å². The molecule has 0 aliphatic rings. The Morgan fingerprint density at radius 3 is 2.46 bits per heavy atom. The molecule has 0 radical (unpaired) electrons. The fourth-order valence-electron chi connectivity index (χ4n) is 0.661. The van der Waals surface area contributed by atoms with Crippen LogP contribution in [0.2, 0.25) is 0 Å². The second-order valence-corrected chi connectivity index (χ2v) is 2.25. The molecule has 5 nitrogen and oxygen atoms in total. The minimum atomic E-state index is -0.0116. The lowest BCUT2D eigenvalue weighted by Gasteiger charge is -1.87. The average molecular weight is 178 g/mol. The monoisotopic (exact) mass is 178 g/mol. The Hall–Kier alpha value is -1.91. The standard InChI is InChI=1S/C5H6N2O.C3H4N2/c1-5(8)7-3-2-6-4-7;1-2-5-3-4-1/h2-4H,1H3;1-3H,(H,4,5). The van der Waals surface area contributed by atoms with Gasteiger partial charge in [0, 0.05) is 31.7 Å². The molecule has 2 heterocycles. The third-order valence-electron chi connectivity index (χ3n) is 1.27. The van der Waals surface area contributed by atoms with Gasteiger partial charge in [0.2, 0.25) is 5.91 Å². The first-order valence-corrected chi connectivity index (χ1v) is 3.72. The summed E-state index contributed by atoms with van der Waals surface area (Å²) >= 11 is 0. The van der Waals surface area contributed by atoms with Gasteiger partial charge < -0.3 is 4.98 Å². The SMILES string of the molecule is CC(=O)n1ccnc1.c1c[nH]cn1. The zero-order chi connectivity index (χ0) is 9.52. The molecule has 2 aromatic rings. The molecule has 2 rings (SSSR count). The number of aromatic nitrogens is 4. The topological polar surface area (TPSA) is 63.6 Å². The molecular weight excluding hydrogens is 168 g/mol. The summed E-state index contributed by atoms with van der Waals surface area (Å²) in [6.45, 7) is 1.49. The van der Waals surface area contributed by atoms with E-state index in [4.69, 9.17) is 0 Å². The van der Waals surface area contributed by atoms with Crippen LogP contribution in [-0.4, -0.2) is 25.4 Å². The van der Waals surface area contributed by atoms with Crippen LogP contribution in [-0.2, 0) is 0 Å². The maximum atomic E-state index is 10.4. The molecule has 0 spiro atoms. The van der Waals surface area contributed by atoms with Gasteiger partial charge >= 0.3 is 0 Å². The molecule has 0 fully saturated rings. The van der Waals surface area contributed by atoms with E-state index >= 15 is 0 Å². The lowest BCUT2D eigenvalue weighted by atomic mass is 10.7. The van der Waals surface area contributed by atoms with Crippen LogP contribution in [0, 0.1) is 0 Å². The normalized spacial score (nSPS) is 8.69. The van der Waals surface area contributed by atoms with Crippen molar-refractivity contribution in [1.29, 1.82) is 0 Å². The molecule has 0 aliphatic heterocycles. The Kier molecular flexibility index (Phi) is 3.44. The number of hydrogen-bond acceptors (Lipinski definition) is 3. The molecule has 0 aromatic carbocycles. The van der Waals surface area contributed by atoms with Crippen molar-refractivity contribution >= 4 is 5.91 Å². The van der Waals surface area contributed by atoms with Crippen LogP contribution in [0.4, 0.5) is 0 Å². The molecule has 0 saturated carbocycles. The third kappa shape index (κ3) is 3.33. The Morgan fingerprint density at radius 1 is 1.38 bits per heavy atom. The number of hydrogen-bond donors (Lipinski definition) is 1. The van der Waals surface area contributed by atoms with E-state index < -0.39 is 0 Å². The number of imidazole rings is 2. The van der Waals surface area contributed by atoms with E-state index in [1.54, 1.807) is 31.1 Å². The number of carbonyl (C=O) groups is 1. The fraction of sp³-hybridized carbons (Fsp3) is 0.125. The third-order valence-corrected chi connectivity index (χ3v) is 1.27. The van der Waals surface area contributed by atoms with Crippen LogP contribution >= 0.6 is 0 Å². The van der Waals surface area contributed by atoms with Crippen molar-refractivity contribution in [2.45, 2.75) is 6.92 Å². The second-order valence-electron chi connectivity index (χ2n) is 2.25. The molecule has 0 saturated heterocycles. The predicted molar refractivity (Wildman–Crippen MR) is 47.1 cm³/mol. The zero-order valence-electron chi connectivity index (χ0n) is 7.21. The van der Waals surface area contributed by atoms with Crippen molar-refractivity contribution in [1.82, 2.24) is 19.5 Å². The minimum Gasteiger partial charge on any atom is -0.351 e. The van der Waals surface area contributed by atoms with E-state index in [1.807, 2.05) is 0 Å². The number of nitrogens with one attached hydrogen (secondary N) is 1. The van der Waals surface area contributed by atoms with E-state index in [2.05, 4.69) is 15.0 Å². The summed E-state index contributed by atoms with van der Waals surface area (Å²) in [6, 6.07) is 0. The van der Waals surface area contributed by atoms with Crippen LogP contribution < -0.4 is 0 Å². The van der Waals surface area contributed by atoms with Crippen molar-refractivity contribution < 1.29 is 4.79 Å². The summed E-state index contributed by atoms with van der Waals surface area (Å²) in [5.74, 6) is -0.0116. The first-order valence-electron chi connectivity index (χ1n) is 3.72. The highest BCUT2D eigenvalue weighted by Crippen LogP contribution is 1.82. The van der Waals surface area contributed by atoms with Crippen LogP contribution in [0.5, 0.6) is 0 Å². The number of carbonyl (C=O) groups excluding carboxylic acids is 1. The first-order chi connectivity index (χ1) is 6.30. The van der Waals surface area contributed by atoms with Crippen molar-refractivity contribution in [3.8, 4) is 0 Å². The van der Waals surface area contributed by atoms with Gasteiger partial charge in [-0.15, -0.1) is 0 Å². The van der Waals surface area contributed by atoms with Crippen LogP contribution in [0.3, 0.4) is 0 Å². The Balaban J connectivity index is 0.000000145. The summed E-state index contributed by atoms with van der Waals surface area (Å²) in [5.41, 5.74) is 0. The molecule has 68 valence electrons. The van der Waals surface area contributed by atoms with Gasteiger partial charge in [0.15, 0.2) is 0 Å². The maximum absolute atomic E-state index is 10.4. The lowest BCUT2D eigenvalue weighted by molar-refractivity contribution is 0.0936. The highest BCUT2D eigenvalue weighted by Gasteiger charge is 1.90. The van der Waals surface area contributed by atoms with Gasteiger partial charge in [-0.2, -0.15) is 0 Å². The van der Waals surface area contributed by atoms with Crippen molar-refractivity contribution in [3.63, 3.8) is 0 Å². The highest BCUT2D eigenvalue weighted by molar-refractivity contribution is 5.75. The fourth-order valence-corrected chi connectivity index (χ4v) is 0.661. The Labute approximate surface area is 75.5 Å². The van der Waals surface area contributed by atoms with Crippen LogP contribution in [0.15, 0.2) is 37.4 Å². The Bertz CT molecular complexity index is 308. The number of aromatic amines is 1. The van der Waals surface area contributed by atoms with Crippen molar-refractivity contribution in [3.05, 3.63) is 37.4 Å². The molecule has 13 heavy (non-hydrogen) atoms. The van der Waals surface area contributed by atoms with Gasteiger partial charge in [0.05, 0.1) is 6.33 Å². The van der Waals surface area contributed by atoms with Crippen LogP contribution in [0.25, 0.3) is 0 Å². The van der Waals surface area contributed by atoms with Gasteiger partial charge in [0.1, 0.15) is 6.33 Å².